The molecule has 6 heteroatoms. The van der Waals surface area contributed by atoms with Crippen molar-refractivity contribution in [2.24, 2.45) is 0 Å². The van der Waals surface area contributed by atoms with Crippen molar-refractivity contribution in [1.82, 2.24) is 10.2 Å². The lowest BCUT2D eigenvalue weighted by Crippen LogP contribution is -2.42. The summed E-state index contributed by atoms with van der Waals surface area (Å²) in [6, 6.07) is 12.4. The highest BCUT2D eigenvalue weighted by atomic mass is 16.5. The van der Waals surface area contributed by atoms with Crippen molar-refractivity contribution in [3.63, 3.8) is 0 Å². The Bertz CT molecular complexity index is 921. The van der Waals surface area contributed by atoms with Crippen LogP contribution in [0, 0.1) is 0 Å². The first kappa shape index (κ1) is 19.3. The fourth-order valence-corrected chi connectivity index (χ4v) is 4.33. The Morgan fingerprint density at radius 2 is 1.86 bits per heavy atom. The van der Waals surface area contributed by atoms with E-state index in [1.54, 1.807) is 31.3 Å². The molecule has 2 aliphatic rings. The van der Waals surface area contributed by atoms with Crippen LogP contribution in [-0.4, -0.2) is 37.0 Å². The SMILES string of the molecule is COc1ccc(CN2C(=O)c3ccccc3[C@@H]2C(=O)NC2CCCC2)c(OC)c1. The van der Waals surface area contributed by atoms with Crippen molar-refractivity contribution < 1.29 is 19.1 Å². The Hall–Kier alpha value is -3.02. The zero-order chi connectivity index (χ0) is 20.4. The van der Waals surface area contributed by atoms with Crippen LogP contribution in [0.3, 0.4) is 0 Å². The van der Waals surface area contributed by atoms with E-state index in [1.165, 1.54) is 0 Å². The van der Waals surface area contributed by atoms with Crippen LogP contribution in [-0.2, 0) is 11.3 Å². The van der Waals surface area contributed by atoms with E-state index in [1.807, 2.05) is 30.3 Å². The molecule has 1 saturated carbocycles. The Morgan fingerprint density at radius 1 is 1.10 bits per heavy atom. The van der Waals surface area contributed by atoms with E-state index < -0.39 is 6.04 Å². The minimum atomic E-state index is -0.633. The molecule has 1 atom stereocenters. The van der Waals surface area contributed by atoms with Crippen LogP contribution in [0.25, 0.3) is 0 Å². The van der Waals surface area contributed by atoms with Gasteiger partial charge >= 0.3 is 0 Å². The highest BCUT2D eigenvalue weighted by Gasteiger charge is 2.41. The first-order chi connectivity index (χ1) is 14.1. The van der Waals surface area contributed by atoms with E-state index in [9.17, 15) is 9.59 Å². The van der Waals surface area contributed by atoms with Crippen molar-refractivity contribution in [3.05, 3.63) is 59.2 Å². The molecule has 2 aromatic carbocycles. The maximum absolute atomic E-state index is 13.2. The number of amides is 2. The molecule has 1 aliphatic carbocycles. The third-order valence-corrected chi connectivity index (χ3v) is 5.84. The molecule has 1 N–H and O–H groups in total. The number of ether oxygens (including phenoxy) is 2. The first-order valence-electron chi connectivity index (χ1n) is 10.0. The standard InChI is InChI=1S/C23H26N2O4/c1-28-17-12-11-15(20(13-17)29-2)14-25-21(22(26)24-16-7-3-4-8-16)18-9-5-6-10-19(18)23(25)27/h5-6,9-13,16,21H,3-4,7-8,14H2,1-2H3,(H,24,26)/t21-/m1/s1. The van der Waals surface area contributed by atoms with Crippen molar-refractivity contribution in [3.8, 4) is 11.5 Å². The molecule has 2 aromatic rings. The molecule has 0 bridgehead atoms. The van der Waals surface area contributed by atoms with Gasteiger partial charge in [0.2, 0.25) is 5.91 Å². The summed E-state index contributed by atoms with van der Waals surface area (Å²) in [5.74, 6) is 1.06. The van der Waals surface area contributed by atoms with Crippen molar-refractivity contribution >= 4 is 11.8 Å². The van der Waals surface area contributed by atoms with Gasteiger partial charge in [-0.05, 0) is 36.6 Å². The molecular weight excluding hydrogens is 368 g/mol. The number of nitrogens with one attached hydrogen (secondary N) is 1. The Balaban J connectivity index is 1.65. The smallest absolute Gasteiger partial charge is 0.255 e. The maximum atomic E-state index is 13.2. The van der Waals surface area contributed by atoms with Gasteiger partial charge in [0.1, 0.15) is 17.5 Å². The summed E-state index contributed by atoms with van der Waals surface area (Å²) in [5.41, 5.74) is 2.18. The number of methoxy groups -OCH3 is 2. The monoisotopic (exact) mass is 394 g/mol. The van der Waals surface area contributed by atoms with Gasteiger partial charge in [0.25, 0.3) is 5.91 Å². The topological polar surface area (TPSA) is 67.9 Å². The molecule has 29 heavy (non-hydrogen) atoms. The quantitative estimate of drug-likeness (QED) is 0.815. The van der Waals surface area contributed by atoms with E-state index >= 15 is 0 Å². The van der Waals surface area contributed by atoms with E-state index in [0.717, 1.165) is 36.8 Å². The van der Waals surface area contributed by atoms with Crippen LogP contribution in [0.1, 0.15) is 53.2 Å². The molecule has 2 amide bonds. The molecule has 0 saturated heterocycles. The van der Waals surface area contributed by atoms with Crippen molar-refractivity contribution in [1.29, 1.82) is 0 Å². The van der Waals surface area contributed by atoms with Gasteiger partial charge in [0.05, 0.1) is 20.8 Å². The number of benzene rings is 2. The van der Waals surface area contributed by atoms with E-state index in [4.69, 9.17) is 9.47 Å². The molecule has 0 spiro atoms. The van der Waals surface area contributed by atoms with E-state index in [-0.39, 0.29) is 24.4 Å². The molecule has 1 fully saturated rings. The van der Waals surface area contributed by atoms with Crippen molar-refractivity contribution in [2.75, 3.05) is 14.2 Å². The molecule has 0 radical (unpaired) electrons. The van der Waals surface area contributed by atoms with Gasteiger partial charge < -0.3 is 19.7 Å². The largest absolute Gasteiger partial charge is 0.497 e. The van der Waals surface area contributed by atoms with Gasteiger partial charge in [-0.25, -0.2) is 0 Å². The molecule has 4 rings (SSSR count). The summed E-state index contributed by atoms with van der Waals surface area (Å²) >= 11 is 0. The lowest BCUT2D eigenvalue weighted by Gasteiger charge is -2.27. The Morgan fingerprint density at radius 3 is 2.59 bits per heavy atom. The van der Waals surface area contributed by atoms with Gasteiger partial charge in [0, 0.05) is 23.2 Å². The first-order valence-corrected chi connectivity index (χ1v) is 10.0. The fourth-order valence-electron chi connectivity index (χ4n) is 4.33. The number of rotatable bonds is 6. The molecule has 152 valence electrons. The minimum absolute atomic E-state index is 0.109. The number of carbonyl (C=O) groups excluding carboxylic acids is 2. The molecule has 1 aliphatic heterocycles. The van der Waals surface area contributed by atoms with Gasteiger partial charge in [0.15, 0.2) is 0 Å². The predicted octanol–water partition coefficient (Wildman–Crippen LogP) is 3.46. The van der Waals surface area contributed by atoms with Crippen LogP contribution in [0.5, 0.6) is 11.5 Å². The summed E-state index contributed by atoms with van der Waals surface area (Å²) in [6.07, 6.45) is 4.27. The average molecular weight is 394 g/mol. The second-order valence-electron chi connectivity index (χ2n) is 7.59. The fraction of sp³-hybridized carbons (Fsp3) is 0.391. The van der Waals surface area contributed by atoms with Crippen LogP contribution in [0.2, 0.25) is 0 Å². The zero-order valence-electron chi connectivity index (χ0n) is 16.8. The number of nitrogens with zero attached hydrogens (tertiary/aromatic N) is 1. The summed E-state index contributed by atoms with van der Waals surface area (Å²) in [6.45, 7) is 0.281. The van der Waals surface area contributed by atoms with Crippen LogP contribution in [0.15, 0.2) is 42.5 Å². The number of carbonyl (C=O) groups is 2. The second kappa shape index (κ2) is 8.15. The molecule has 1 heterocycles. The van der Waals surface area contributed by atoms with E-state index in [0.29, 0.717) is 17.1 Å². The maximum Gasteiger partial charge on any atom is 0.255 e. The summed E-state index contributed by atoms with van der Waals surface area (Å²) in [5, 5.41) is 3.16. The zero-order valence-corrected chi connectivity index (χ0v) is 16.8. The third kappa shape index (κ3) is 3.67. The highest BCUT2D eigenvalue weighted by Crippen LogP contribution is 2.37. The average Bonchev–Trinajstić information content (AvgIpc) is 3.35. The van der Waals surface area contributed by atoms with Crippen molar-refractivity contribution in [2.45, 2.75) is 44.3 Å². The lowest BCUT2D eigenvalue weighted by atomic mass is 10.0. The number of hydrogen-bond donors (Lipinski definition) is 1. The highest BCUT2D eigenvalue weighted by molar-refractivity contribution is 6.04. The number of hydrogen-bond acceptors (Lipinski definition) is 4. The molecule has 0 aromatic heterocycles. The lowest BCUT2D eigenvalue weighted by molar-refractivity contribution is -0.126. The molecular formula is C23H26N2O4. The van der Waals surface area contributed by atoms with Crippen LogP contribution < -0.4 is 14.8 Å². The molecule has 6 nitrogen and oxygen atoms in total. The number of fused-ring (bicyclic) bond motifs is 1. The van der Waals surface area contributed by atoms with Crippen LogP contribution >= 0.6 is 0 Å². The van der Waals surface area contributed by atoms with Gasteiger partial charge in [-0.15, -0.1) is 0 Å². The van der Waals surface area contributed by atoms with Gasteiger partial charge in [-0.2, -0.15) is 0 Å². The molecule has 0 unspecified atom stereocenters. The van der Waals surface area contributed by atoms with Crippen LogP contribution in [0.4, 0.5) is 0 Å². The summed E-state index contributed by atoms with van der Waals surface area (Å²) in [7, 11) is 3.18. The van der Waals surface area contributed by atoms with Gasteiger partial charge in [-0.1, -0.05) is 31.0 Å². The van der Waals surface area contributed by atoms with E-state index in [2.05, 4.69) is 5.32 Å². The summed E-state index contributed by atoms with van der Waals surface area (Å²) in [4.78, 5) is 28.0. The predicted molar refractivity (Wildman–Crippen MR) is 109 cm³/mol. The minimum Gasteiger partial charge on any atom is -0.497 e. The Kier molecular flexibility index (Phi) is 5.43. The third-order valence-electron chi connectivity index (χ3n) is 5.84. The normalized spacial score (nSPS) is 18.6. The second-order valence-corrected chi connectivity index (χ2v) is 7.59. The summed E-state index contributed by atoms with van der Waals surface area (Å²) < 4.78 is 10.8. The van der Waals surface area contributed by atoms with Gasteiger partial charge in [-0.3, -0.25) is 9.59 Å². The Labute approximate surface area is 170 Å².